The van der Waals surface area contributed by atoms with Gasteiger partial charge in [-0.1, -0.05) is 71.6 Å². The predicted octanol–water partition coefficient (Wildman–Crippen LogP) is 3.08. The molecule has 0 aliphatic heterocycles. The minimum atomic E-state index is -0.920. The largest absolute Gasteiger partial charge is 0.550 e. The number of aliphatic carboxylic acids is 1. The number of carbonyl (C=O) groups is 1. The van der Waals surface area contributed by atoms with Gasteiger partial charge in [0.25, 0.3) is 0 Å². The van der Waals surface area contributed by atoms with Gasteiger partial charge in [0.2, 0.25) is 0 Å². The van der Waals surface area contributed by atoms with Crippen LogP contribution in [0.15, 0.2) is 0 Å². The number of hydrogen-bond acceptors (Lipinski definition) is 2. The highest BCUT2D eigenvalue weighted by Gasteiger charge is 1.89. The van der Waals surface area contributed by atoms with Crippen molar-refractivity contribution < 1.29 is 15.6 Å². The molecule has 0 rings (SSSR count). The van der Waals surface area contributed by atoms with E-state index in [4.69, 9.17) is 0 Å². The number of carbonyl (C=O) groups excluding carboxylic acids is 1. The summed E-state index contributed by atoms with van der Waals surface area (Å²) in [5.74, 6) is -0.920. The van der Waals surface area contributed by atoms with Gasteiger partial charge >= 0.3 is 0 Å². The zero-order chi connectivity index (χ0) is 15.5. The molecule has 0 aromatic heterocycles. The van der Waals surface area contributed by atoms with E-state index in [1.807, 2.05) is 0 Å². The molecule has 0 heterocycles. The third kappa shape index (κ3) is 26.1. The number of hydrogen-bond donors (Lipinski definition) is 1. The monoisotopic (exact) mass is 287 g/mol. The maximum atomic E-state index is 9.92. The molecular formula is C17H37NO2. The normalized spacial score (nSPS) is 9.95. The molecule has 3 nitrogen and oxygen atoms in total. The van der Waals surface area contributed by atoms with E-state index in [2.05, 4.69) is 19.6 Å². The van der Waals surface area contributed by atoms with E-state index in [1.165, 1.54) is 57.8 Å². The maximum absolute atomic E-state index is 9.92. The first kappa shape index (κ1) is 21.7. The van der Waals surface area contributed by atoms with Gasteiger partial charge in [-0.2, -0.15) is 0 Å². The van der Waals surface area contributed by atoms with Crippen LogP contribution in [0, 0.1) is 0 Å². The van der Waals surface area contributed by atoms with Gasteiger partial charge in [0.15, 0.2) is 0 Å². The maximum Gasteiger partial charge on any atom is 0.0739 e. The van der Waals surface area contributed by atoms with Gasteiger partial charge in [-0.15, -0.1) is 0 Å². The van der Waals surface area contributed by atoms with Crippen molar-refractivity contribution in [3.63, 3.8) is 0 Å². The summed E-state index contributed by atoms with van der Waals surface area (Å²) >= 11 is 0. The van der Waals surface area contributed by atoms with Gasteiger partial charge in [0.1, 0.15) is 0 Å². The highest BCUT2D eigenvalue weighted by Crippen LogP contribution is 2.05. The first-order valence-electron chi connectivity index (χ1n) is 8.68. The number of carboxylic acid groups (broad SMARTS) is 1. The zero-order valence-corrected chi connectivity index (χ0v) is 13.9. The summed E-state index contributed by atoms with van der Waals surface area (Å²) in [6.07, 6.45) is 15.4. The topological polar surface area (TPSA) is 67.8 Å². The average molecular weight is 287 g/mol. The van der Waals surface area contributed by atoms with Crippen molar-refractivity contribution in [2.75, 3.05) is 6.54 Å². The quantitative estimate of drug-likeness (QED) is 0.529. The molecule has 0 bridgehead atoms. The SMILES string of the molecule is CCCCCCCC(=O)[O-].CCCCCCCCC[NH3+]. The number of carboxylic acids is 1. The van der Waals surface area contributed by atoms with Gasteiger partial charge in [-0.05, 0) is 25.7 Å². The van der Waals surface area contributed by atoms with E-state index < -0.39 is 5.97 Å². The van der Waals surface area contributed by atoms with E-state index in [9.17, 15) is 9.90 Å². The summed E-state index contributed by atoms with van der Waals surface area (Å²) in [6.45, 7) is 5.52. The number of unbranched alkanes of at least 4 members (excludes halogenated alkanes) is 10. The summed E-state index contributed by atoms with van der Waals surface area (Å²) < 4.78 is 0. The molecule has 0 aliphatic carbocycles. The van der Waals surface area contributed by atoms with Gasteiger partial charge in [0.05, 0.1) is 6.54 Å². The summed E-state index contributed by atoms with van der Waals surface area (Å²) in [7, 11) is 0. The van der Waals surface area contributed by atoms with Gasteiger partial charge < -0.3 is 15.6 Å². The molecule has 0 spiro atoms. The molecule has 3 N–H and O–H groups in total. The van der Waals surface area contributed by atoms with Crippen molar-refractivity contribution in [2.45, 2.75) is 97.3 Å². The molecule has 0 unspecified atom stereocenters. The van der Waals surface area contributed by atoms with Crippen LogP contribution in [-0.4, -0.2) is 12.5 Å². The Morgan fingerprint density at radius 2 is 1.15 bits per heavy atom. The zero-order valence-electron chi connectivity index (χ0n) is 13.9. The summed E-state index contributed by atoms with van der Waals surface area (Å²) in [4.78, 5) is 9.92. The van der Waals surface area contributed by atoms with Crippen LogP contribution in [-0.2, 0) is 4.79 Å². The fourth-order valence-corrected chi connectivity index (χ4v) is 2.01. The van der Waals surface area contributed by atoms with Crippen LogP contribution in [0.2, 0.25) is 0 Å². The van der Waals surface area contributed by atoms with E-state index in [0.29, 0.717) is 0 Å². The lowest BCUT2D eigenvalue weighted by Crippen LogP contribution is -2.50. The minimum Gasteiger partial charge on any atom is -0.550 e. The van der Waals surface area contributed by atoms with Crippen LogP contribution in [0.4, 0.5) is 0 Å². The van der Waals surface area contributed by atoms with Crippen molar-refractivity contribution in [3.8, 4) is 0 Å². The Kier molecular flexibility index (Phi) is 22.5. The van der Waals surface area contributed by atoms with E-state index in [1.54, 1.807) is 0 Å². The van der Waals surface area contributed by atoms with Crippen LogP contribution in [0.25, 0.3) is 0 Å². The summed E-state index contributed by atoms with van der Waals surface area (Å²) in [5.41, 5.74) is 3.82. The molecule has 0 aromatic rings. The predicted molar refractivity (Wildman–Crippen MR) is 84.1 cm³/mol. The Bertz CT molecular complexity index is 176. The van der Waals surface area contributed by atoms with Gasteiger partial charge in [0, 0.05) is 5.97 Å². The van der Waals surface area contributed by atoms with Crippen molar-refractivity contribution in [1.82, 2.24) is 0 Å². The van der Waals surface area contributed by atoms with Gasteiger partial charge in [-0.3, -0.25) is 0 Å². The Morgan fingerprint density at radius 3 is 1.55 bits per heavy atom. The van der Waals surface area contributed by atoms with Crippen LogP contribution in [0.5, 0.6) is 0 Å². The summed E-state index contributed by atoms with van der Waals surface area (Å²) in [5, 5.41) is 9.92. The smallest absolute Gasteiger partial charge is 0.0739 e. The first-order valence-corrected chi connectivity index (χ1v) is 8.68. The Labute approximate surface area is 126 Å². The molecule has 0 aliphatic rings. The van der Waals surface area contributed by atoms with Gasteiger partial charge in [-0.25, -0.2) is 0 Å². The summed E-state index contributed by atoms with van der Waals surface area (Å²) in [6, 6.07) is 0. The molecule has 0 radical (unpaired) electrons. The number of quaternary nitrogens is 1. The molecule has 3 heteroatoms. The highest BCUT2D eigenvalue weighted by atomic mass is 16.4. The molecule has 0 amide bonds. The molecule has 0 fully saturated rings. The number of rotatable bonds is 13. The standard InChI is InChI=1S/C9H21N.C8H16O2/c1-2-3-4-5-6-7-8-9-10;1-2-3-4-5-6-7-8(9)10/h2-10H2,1H3;2-7H2,1H3,(H,9,10). The van der Waals surface area contributed by atoms with E-state index in [0.717, 1.165) is 25.8 Å². The van der Waals surface area contributed by atoms with E-state index >= 15 is 0 Å². The first-order chi connectivity index (χ1) is 9.68. The van der Waals surface area contributed by atoms with Crippen molar-refractivity contribution in [3.05, 3.63) is 0 Å². The fraction of sp³-hybridized carbons (Fsp3) is 0.941. The van der Waals surface area contributed by atoms with Crippen molar-refractivity contribution in [1.29, 1.82) is 0 Å². The third-order valence-corrected chi connectivity index (χ3v) is 3.34. The third-order valence-electron chi connectivity index (χ3n) is 3.34. The minimum absolute atomic E-state index is 0.226. The second-order valence-electron chi connectivity index (χ2n) is 5.51. The van der Waals surface area contributed by atoms with Crippen molar-refractivity contribution in [2.24, 2.45) is 0 Å². The second kappa shape index (κ2) is 20.7. The molecule has 0 atom stereocenters. The second-order valence-corrected chi connectivity index (χ2v) is 5.51. The molecule has 0 saturated heterocycles. The molecule has 20 heavy (non-hydrogen) atoms. The molecule has 122 valence electrons. The Hall–Kier alpha value is -0.570. The molecule has 0 saturated carbocycles. The highest BCUT2D eigenvalue weighted by molar-refractivity contribution is 5.63. The lowest BCUT2D eigenvalue weighted by Gasteiger charge is -2.00. The van der Waals surface area contributed by atoms with Crippen LogP contribution < -0.4 is 10.8 Å². The van der Waals surface area contributed by atoms with Crippen LogP contribution in [0.3, 0.4) is 0 Å². The lowest BCUT2D eigenvalue weighted by molar-refractivity contribution is -0.368. The average Bonchev–Trinajstić information content (AvgIpc) is 2.43. The van der Waals surface area contributed by atoms with Crippen molar-refractivity contribution >= 4 is 5.97 Å². The van der Waals surface area contributed by atoms with Crippen LogP contribution >= 0.6 is 0 Å². The van der Waals surface area contributed by atoms with E-state index in [-0.39, 0.29) is 6.42 Å². The Balaban J connectivity index is 0. The fourth-order valence-electron chi connectivity index (χ4n) is 2.01. The molecular weight excluding hydrogens is 250 g/mol. The Morgan fingerprint density at radius 1 is 0.750 bits per heavy atom. The van der Waals surface area contributed by atoms with Crippen LogP contribution in [0.1, 0.15) is 97.3 Å². The molecule has 0 aromatic carbocycles. The lowest BCUT2D eigenvalue weighted by atomic mass is 10.1.